The molecule has 0 radical (unpaired) electrons. The van der Waals surface area contributed by atoms with Gasteiger partial charge in [-0.25, -0.2) is 4.79 Å². The summed E-state index contributed by atoms with van der Waals surface area (Å²) in [6, 6.07) is 7.55. The Kier molecular flexibility index (Phi) is 5.58. The van der Waals surface area contributed by atoms with E-state index in [0.29, 0.717) is 13.1 Å². The normalized spacial score (nSPS) is 12.1. The van der Waals surface area contributed by atoms with E-state index in [4.69, 9.17) is 0 Å². The molecule has 2 rings (SSSR count). The first-order valence-electron chi connectivity index (χ1n) is 6.52. The van der Waals surface area contributed by atoms with Crippen LogP contribution in [-0.4, -0.2) is 17.7 Å². The van der Waals surface area contributed by atoms with Gasteiger partial charge in [0.1, 0.15) is 6.10 Å². The van der Waals surface area contributed by atoms with Gasteiger partial charge in [0.2, 0.25) is 0 Å². The summed E-state index contributed by atoms with van der Waals surface area (Å²) in [5, 5.41) is 17.7. The fourth-order valence-corrected chi connectivity index (χ4v) is 3.45. The molecule has 1 atom stereocenters. The quantitative estimate of drug-likeness (QED) is 0.768. The third-order valence-corrected chi connectivity index (χ3v) is 4.79. The van der Waals surface area contributed by atoms with E-state index in [0.717, 1.165) is 21.1 Å². The molecule has 0 aromatic carbocycles. The summed E-state index contributed by atoms with van der Waals surface area (Å²) >= 11 is 3.06. The van der Waals surface area contributed by atoms with Crippen LogP contribution in [-0.2, 0) is 6.54 Å². The maximum absolute atomic E-state index is 11.4. The van der Waals surface area contributed by atoms with Crippen molar-refractivity contribution in [2.75, 3.05) is 6.54 Å². The molecule has 2 aromatic rings. The lowest BCUT2D eigenvalue weighted by molar-refractivity contribution is 0.228. The largest absolute Gasteiger partial charge is 0.382 e. The van der Waals surface area contributed by atoms with Gasteiger partial charge in [-0.15, -0.1) is 22.7 Å². The van der Waals surface area contributed by atoms with Crippen molar-refractivity contribution in [1.82, 2.24) is 10.6 Å². The molecule has 0 saturated carbocycles. The van der Waals surface area contributed by atoms with Crippen LogP contribution in [0.3, 0.4) is 0 Å². The van der Waals surface area contributed by atoms with Crippen molar-refractivity contribution < 1.29 is 9.90 Å². The number of amides is 2. The molecular weight excluding hydrogens is 292 g/mol. The molecule has 0 saturated heterocycles. The van der Waals surface area contributed by atoms with Crippen LogP contribution in [0, 0.1) is 0 Å². The SMILES string of the molecule is CCCNC(=O)NCc1ccc(C(O)c2cccs2)s1. The van der Waals surface area contributed by atoms with Gasteiger partial charge in [-0.3, -0.25) is 0 Å². The minimum Gasteiger partial charge on any atom is -0.382 e. The molecular formula is C14H18N2O2S2. The van der Waals surface area contributed by atoms with E-state index in [9.17, 15) is 9.90 Å². The predicted molar refractivity (Wildman–Crippen MR) is 83.2 cm³/mol. The molecule has 0 fully saturated rings. The fraction of sp³-hybridized carbons (Fsp3) is 0.357. The molecule has 0 bridgehead atoms. The predicted octanol–water partition coefficient (Wildman–Crippen LogP) is 3.10. The van der Waals surface area contributed by atoms with E-state index >= 15 is 0 Å². The van der Waals surface area contributed by atoms with E-state index < -0.39 is 6.10 Å². The van der Waals surface area contributed by atoms with Gasteiger partial charge in [-0.05, 0) is 30.0 Å². The van der Waals surface area contributed by atoms with Crippen molar-refractivity contribution in [2.45, 2.75) is 26.0 Å². The smallest absolute Gasteiger partial charge is 0.315 e. The maximum Gasteiger partial charge on any atom is 0.315 e. The van der Waals surface area contributed by atoms with Gasteiger partial charge in [-0.1, -0.05) is 13.0 Å². The van der Waals surface area contributed by atoms with E-state index in [-0.39, 0.29) is 6.03 Å². The maximum atomic E-state index is 11.4. The summed E-state index contributed by atoms with van der Waals surface area (Å²) in [6.07, 6.45) is 0.353. The molecule has 20 heavy (non-hydrogen) atoms. The molecule has 0 aliphatic carbocycles. The molecule has 3 N–H and O–H groups in total. The number of carbonyl (C=O) groups excluding carboxylic acids is 1. The molecule has 0 aliphatic heterocycles. The highest BCUT2D eigenvalue weighted by atomic mass is 32.1. The minimum absolute atomic E-state index is 0.152. The number of aliphatic hydroxyl groups excluding tert-OH is 1. The van der Waals surface area contributed by atoms with Gasteiger partial charge in [0.15, 0.2) is 0 Å². The summed E-state index contributed by atoms with van der Waals surface area (Å²) < 4.78 is 0. The van der Waals surface area contributed by atoms with Crippen LogP contribution in [0.25, 0.3) is 0 Å². The van der Waals surface area contributed by atoms with Crippen LogP contribution < -0.4 is 10.6 Å². The van der Waals surface area contributed by atoms with Crippen molar-refractivity contribution in [2.24, 2.45) is 0 Å². The third-order valence-electron chi connectivity index (χ3n) is 2.72. The number of thiophene rings is 2. The molecule has 1 unspecified atom stereocenters. The van der Waals surface area contributed by atoms with Gasteiger partial charge in [0.25, 0.3) is 0 Å². The van der Waals surface area contributed by atoms with Crippen LogP contribution in [0.2, 0.25) is 0 Å². The molecule has 4 nitrogen and oxygen atoms in total. The molecule has 108 valence electrons. The summed E-state index contributed by atoms with van der Waals surface area (Å²) in [5.74, 6) is 0. The van der Waals surface area contributed by atoms with Gasteiger partial charge in [-0.2, -0.15) is 0 Å². The molecule has 0 spiro atoms. The van der Waals surface area contributed by atoms with Gasteiger partial charge >= 0.3 is 6.03 Å². The average Bonchev–Trinajstić information content (AvgIpc) is 3.12. The van der Waals surface area contributed by atoms with Gasteiger partial charge in [0, 0.05) is 21.2 Å². The lowest BCUT2D eigenvalue weighted by Crippen LogP contribution is -2.35. The topological polar surface area (TPSA) is 61.4 Å². The van der Waals surface area contributed by atoms with Gasteiger partial charge in [0.05, 0.1) is 6.54 Å². The Hall–Kier alpha value is -1.37. The second kappa shape index (κ2) is 7.42. The number of rotatable bonds is 6. The van der Waals surface area contributed by atoms with E-state index in [2.05, 4.69) is 10.6 Å². The second-order valence-electron chi connectivity index (χ2n) is 4.33. The van der Waals surface area contributed by atoms with Crippen LogP contribution >= 0.6 is 22.7 Å². The second-order valence-corrected chi connectivity index (χ2v) is 6.51. The highest BCUT2D eigenvalue weighted by Gasteiger charge is 2.14. The Morgan fingerprint density at radius 1 is 1.30 bits per heavy atom. The number of urea groups is 1. The molecule has 0 aliphatic rings. The van der Waals surface area contributed by atoms with Crippen molar-refractivity contribution >= 4 is 28.7 Å². The zero-order valence-corrected chi connectivity index (χ0v) is 12.9. The Bertz CT molecular complexity index is 537. The third kappa shape index (κ3) is 4.06. The summed E-state index contributed by atoms with van der Waals surface area (Å²) in [7, 11) is 0. The minimum atomic E-state index is -0.567. The number of hydrogen-bond acceptors (Lipinski definition) is 4. The number of carbonyl (C=O) groups is 1. The Morgan fingerprint density at radius 2 is 2.15 bits per heavy atom. The number of nitrogens with one attached hydrogen (secondary N) is 2. The van der Waals surface area contributed by atoms with Crippen molar-refractivity contribution in [3.05, 3.63) is 44.3 Å². The van der Waals surface area contributed by atoms with E-state index in [1.165, 1.54) is 22.7 Å². The van der Waals surface area contributed by atoms with Crippen molar-refractivity contribution in [1.29, 1.82) is 0 Å². The van der Waals surface area contributed by atoms with Crippen LogP contribution in [0.1, 0.15) is 34.1 Å². The average molecular weight is 310 g/mol. The standard InChI is InChI=1S/C14H18N2O2S2/c1-2-7-15-14(18)16-9-10-5-6-12(20-10)13(17)11-4-3-8-19-11/h3-6,8,13,17H,2,7,9H2,1H3,(H2,15,16,18). The summed E-state index contributed by atoms with van der Waals surface area (Å²) in [4.78, 5) is 14.3. The highest BCUT2D eigenvalue weighted by Crippen LogP contribution is 2.30. The lowest BCUT2D eigenvalue weighted by atomic mass is 10.2. The lowest BCUT2D eigenvalue weighted by Gasteiger charge is -2.06. The molecule has 2 aromatic heterocycles. The van der Waals surface area contributed by atoms with E-state index in [1.807, 2.05) is 36.6 Å². The number of hydrogen-bond donors (Lipinski definition) is 3. The monoisotopic (exact) mass is 310 g/mol. The zero-order valence-electron chi connectivity index (χ0n) is 11.3. The van der Waals surface area contributed by atoms with Crippen LogP contribution in [0.4, 0.5) is 4.79 Å². The van der Waals surface area contributed by atoms with Crippen LogP contribution in [0.5, 0.6) is 0 Å². The first-order valence-corrected chi connectivity index (χ1v) is 8.22. The molecule has 6 heteroatoms. The first-order chi connectivity index (χ1) is 9.70. The van der Waals surface area contributed by atoms with Crippen molar-refractivity contribution in [3.8, 4) is 0 Å². The zero-order chi connectivity index (χ0) is 14.4. The Morgan fingerprint density at radius 3 is 2.85 bits per heavy atom. The van der Waals surface area contributed by atoms with E-state index in [1.54, 1.807) is 0 Å². The molecule has 2 heterocycles. The van der Waals surface area contributed by atoms with Gasteiger partial charge < -0.3 is 15.7 Å². The fourth-order valence-electron chi connectivity index (χ4n) is 1.69. The molecule has 2 amide bonds. The van der Waals surface area contributed by atoms with Crippen molar-refractivity contribution in [3.63, 3.8) is 0 Å². The van der Waals surface area contributed by atoms with Crippen LogP contribution in [0.15, 0.2) is 29.6 Å². The summed E-state index contributed by atoms with van der Waals surface area (Å²) in [6.45, 7) is 3.17. The Balaban J connectivity index is 1.88. The number of aliphatic hydroxyl groups is 1. The Labute approximate surface area is 126 Å². The first kappa shape index (κ1) is 15.0. The summed E-state index contributed by atoms with van der Waals surface area (Å²) in [5.41, 5.74) is 0. The highest BCUT2D eigenvalue weighted by molar-refractivity contribution is 7.12.